The fourth-order valence-electron chi connectivity index (χ4n) is 3.22. The van der Waals surface area contributed by atoms with E-state index in [1.807, 2.05) is 6.07 Å². The first-order chi connectivity index (χ1) is 16.0. The summed E-state index contributed by atoms with van der Waals surface area (Å²) in [4.78, 5) is 29.6. The summed E-state index contributed by atoms with van der Waals surface area (Å²) < 4.78 is 25.8. The number of rotatable bonds is 8. The third-order valence-corrected chi connectivity index (χ3v) is 5.94. The van der Waals surface area contributed by atoms with E-state index in [9.17, 15) is 14.0 Å². The van der Waals surface area contributed by atoms with Crippen LogP contribution in [0.3, 0.4) is 0 Å². The Morgan fingerprint density at radius 1 is 1.12 bits per heavy atom. The third-order valence-electron chi connectivity index (χ3n) is 4.98. The molecule has 4 aromatic rings. The summed E-state index contributed by atoms with van der Waals surface area (Å²) in [5.41, 5.74) is 0.682. The number of unbranched alkanes of at least 4 members (excludes halogenated alkanes) is 1. The molecule has 2 aromatic heterocycles. The summed E-state index contributed by atoms with van der Waals surface area (Å²) in [6.45, 7) is 2.69. The number of fused-ring (bicyclic) bond motifs is 1. The highest BCUT2D eigenvalue weighted by atomic mass is 32.1. The largest absolute Gasteiger partial charge is 0.493 e. The first kappa shape index (κ1) is 22.6. The summed E-state index contributed by atoms with van der Waals surface area (Å²) in [6, 6.07) is 11.2. The van der Waals surface area contributed by atoms with Gasteiger partial charge in [-0.05, 0) is 47.9 Å². The van der Waals surface area contributed by atoms with Crippen molar-refractivity contribution in [2.45, 2.75) is 26.2 Å². The van der Waals surface area contributed by atoms with Gasteiger partial charge < -0.3 is 9.47 Å². The van der Waals surface area contributed by atoms with Crippen LogP contribution in [0, 0.1) is 5.82 Å². The number of ether oxygens (including phenoxy) is 2. The lowest BCUT2D eigenvalue weighted by Gasteiger charge is -2.10. The van der Waals surface area contributed by atoms with E-state index in [2.05, 4.69) is 17.0 Å². The van der Waals surface area contributed by atoms with Gasteiger partial charge in [-0.3, -0.25) is 9.59 Å². The number of nitrogens with zero attached hydrogens (tertiary/aromatic N) is 3. The van der Waals surface area contributed by atoms with Gasteiger partial charge in [-0.15, -0.1) is 0 Å². The highest BCUT2D eigenvalue weighted by Crippen LogP contribution is 2.28. The van der Waals surface area contributed by atoms with Gasteiger partial charge in [-0.1, -0.05) is 42.9 Å². The lowest BCUT2D eigenvalue weighted by Crippen LogP contribution is -2.28. The van der Waals surface area contributed by atoms with Gasteiger partial charge in [0, 0.05) is 6.42 Å². The minimum Gasteiger partial charge on any atom is -0.493 e. The second-order valence-electron chi connectivity index (χ2n) is 7.39. The highest BCUT2D eigenvalue weighted by Gasteiger charge is 2.12. The average Bonchev–Trinajstić information content (AvgIpc) is 3.10. The molecule has 0 aliphatic heterocycles. The second kappa shape index (κ2) is 9.91. The van der Waals surface area contributed by atoms with Gasteiger partial charge >= 0.3 is 0 Å². The van der Waals surface area contributed by atoms with Gasteiger partial charge in [-0.2, -0.15) is 14.6 Å². The Morgan fingerprint density at radius 3 is 2.64 bits per heavy atom. The Kier molecular flexibility index (Phi) is 6.79. The molecule has 0 radical (unpaired) electrons. The number of hydrogen-bond acceptors (Lipinski definition) is 7. The van der Waals surface area contributed by atoms with E-state index in [0.29, 0.717) is 28.2 Å². The van der Waals surface area contributed by atoms with Crippen molar-refractivity contribution in [2.24, 2.45) is 0 Å². The molecule has 0 N–H and O–H groups in total. The minimum absolute atomic E-state index is 0.121. The predicted octanol–water partition coefficient (Wildman–Crippen LogP) is 2.98. The van der Waals surface area contributed by atoms with Crippen molar-refractivity contribution in [3.05, 3.63) is 90.3 Å². The Labute approximate surface area is 192 Å². The van der Waals surface area contributed by atoms with Gasteiger partial charge in [0.2, 0.25) is 4.96 Å². The second-order valence-corrected chi connectivity index (χ2v) is 8.40. The van der Waals surface area contributed by atoms with E-state index in [0.717, 1.165) is 34.3 Å². The van der Waals surface area contributed by atoms with Crippen LogP contribution in [0.2, 0.25) is 0 Å². The van der Waals surface area contributed by atoms with Crippen LogP contribution in [0.5, 0.6) is 11.5 Å². The summed E-state index contributed by atoms with van der Waals surface area (Å²) in [6.07, 6.45) is 3.83. The van der Waals surface area contributed by atoms with Crippen molar-refractivity contribution in [1.82, 2.24) is 14.6 Å². The Morgan fingerprint density at radius 2 is 1.91 bits per heavy atom. The maximum absolute atomic E-state index is 13.1. The molecular weight excluding hydrogens is 445 g/mol. The molecule has 0 fully saturated rings. The smallest absolute Gasteiger partial charge is 0.296 e. The molecule has 2 aromatic carbocycles. The van der Waals surface area contributed by atoms with E-state index < -0.39 is 5.56 Å². The number of methoxy groups -OCH3 is 1. The predicted molar refractivity (Wildman–Crippen MR) is 125 cm³/mol. The number of hydrogen-bond donors (Lipinski definition) is 0. The summed E-state index contributed by atoms with van der Waals surface area (Å²) >= 11 is 1.08. The van der Waals surface area contributed by atoms with Crippen molar-refractivity contribution in [3.8, 4) is 11.5 Å². The van der Waals surface area contributed by atoms with Crippen LogP contribution in [0.15, 0.2) is 52.1 Å². The zero-order valence-electron chi connectivity index (χ0n) is 18.2. The molecule has 0 amide bonds. The molecule has 2 heterocycles. The zero-order valence-corrected chi connectivity index (χ0v) is 19.0. The third kappa shape index (κ3) is 5.09. The van der Waals surface area contributed by atoms with Gasteiger partial charge in [0.05, 0.1) is 18.2 Å². The van der Waals surface area contributed by atoms with Gasteiger partial charge in [0.25, 0.3) is 11.1 Å². The molecule has 7 nitrogen and oxygen atoms in total. The number of benzene rings is 2. The van der Waals surface area contributed by atoms with E-state index in [1.165, 1.54) is 12.1 Å². The number of thiazole rings is 1. The fraction of sp³-hybridized carbons (Fsp3) is 0.250. The van der Waals surface area contributed by atoms with Crippen molar-refractivity contribution in [1.29, 1.82) is 0 Å². The standard InChI is InChI=1S/C24H22FN3O4S/c1-3-4-11-32-19-10-7-16(13-20(19)31-2)14-21-23(30)28-24(33-21)26-22(29)18(27-28)12-15-5-8-17(25)9-6-15/h5-10,13-14H,3-4,11-12H2,1-2H3. The molecule has 4 rings (SSSR count). The lowest BCUT2D eigenvalue weighted by atomic mass is 10.1. The van der Waals surface area contributed by atoms with Crippen LogP contribution >= 0.6 is 11.3 Å². The molecule has 170 valence electrons. The first-order valence-corrected chi connectivity index (χ1v) is 11.3. The van der Waals surface area contributed by atoms with Crippen molar-refractivity contribution in [3.63, 3.8) is 0 Å². The maximum atomic E-state index is 13.1. The molecule has 0 bridgehead atoms. The van der Waals surface area contributed by atoms with Crippen LogP contribution < -0.4 is 25.1 Å². The van der Waals surface area contributed by atoms with E-state index in [4.69, 9.17) is 9.47 Å². The Hall–Kier alpha value is -3.59. The molecule has 0 unspecified atom stereocenters. The van der Waals surface area contributed by atoms with E-state index in [-0.39, 0.29) is 28.5 Å². The molecule has 0 saturated carbocycles. The molecule has 0 aliphatic carbocycles. The van der Waals surface area contributed by atoms with E-state index in [1.54, 1.807) is 37.5 Å². The monoisotopic (exact) mass is 467 g/mol. The van der Waals surface area contributed by atoms with Crippen molar-refractivity contribution < 1.29 is 13.9 Å². The molecule has 0 saturated heterocycles. The summed E-state index contributed by atoms with van der Waals surface area (Å²) in [5.74, 6) is 0.843. The normalized spacial score (nSPS) is 11.8. The number of halogens is 1. The Bertz CT molecular complexity index is 1450. The van der Waals surface area contributed by atoms with Crippen LogP contribution in [0.25, 0.3) is 11.0 Å². The molecule has 0 aliphatic rings. The SMILES string of the molecule is CCCCOc1ccc(C=c2sc3nc(=O)c(Cc4ccc(F)cc4)nn3c2=O)cc1OC. The van der Waals surface area contributed by atoms with Crippen LogP contribution in [0.4, 0.5) is 4.39 Å². The molecular formula is C24H22FN3O4S. The maximum Gasteiger partial charge on any atom is 0.296 e. The minimum atomic E-state index is -0.512. The fourth-order valence-corrected chi connectivity index (χ4v) is 4.12. The van der Waals surface area contributed by atoms with Crippen molar-refractivity contribution in [2.75, 3.05) is 13.7 Å². The number of aromatic nitrogens is 3. The van der Waals surface area contributed by atoms with E-state index >= 15 is 0 Å². The van der Waals surface area contributed by atoms with Gasteiger partial charge in [-0.25, -0.2) is 4.39 Å². The van der Waals surface area contributed by atoms with Crippen LogP contribution in [0.1, 0.15) is 36.6 Å². The van der Waals surface area contributed by atoms with Gasteiger partial charge in [0.15, 0.2) is 11.5 Å². The molecule has 0 atom stereocenters. The highest BCUT2D eigenvalue weighted by molar-refractivity contribution is 7.15. The summed E-state index contributed by atoms with van der Waals surface area (Å²) in [5, 5.41) is 4.23. The summed E-state index contributed by atoms with van der Waals surface area (Å²) in [7, 11) is 1.56. The molecule has 0 spiro atoms. The quantitative estimate of drug-likeness (QED) is 0.371. The average molecular weight is 468 g/mol. The first-order valence-electron chi connectivity index (χ1n) is 10.5. The zero-order chi connectivity index (χ0) is 23.4. The molecule has 9 heteroatoms. The topological polar surface area (TPSA) is 82.8 Å². The van der Waals surface area contributed by atoms with Crippen molar-refractivity contribution >= 4 is 22.4 Å². The Balaban J connectivity index is 1.68. The van der Waals surface area contributed by atoms with Gasteiger partial charge in [0.1, 0.15) is 11.5 Å². The van der Waals surface area contributed by atoms with Crippen LogP contribution in [-0.2, 0) is 6.42 Å². The van der Waals surface area contributed by atoms with Crippen LogP contribution in [-0.4, -0.2) is 28.3 Å². The lowest BCUT2D eigenvalue weighted by molar-refractivity contribution is 0.288. The molecule has 33 heavy (non-hydrogen) atoms.